The zero-order chi connectivity index (χ0) is 20.4. The van der Waals surface area contributed by atoms with Crippen LogP contribution in [0.3, 0.4) is 0 Å². The number of imide groups is 2. The minimum Gasteiger partial charge on any atom is -0.493 e. The highest BCUT2D eigenvalue weighted by molar-refractivity contribution is 9.10. The van der Waals surface area contributed by atoms with E-state index >= 15 is 0 Å². The van der Waals surface area contributed by atoms with Crippen LogP contribution in [0.2, 0.25) is 0 Å². The molecular weight excluding hydrogens is 492 g/mol. The molecule has 1 fully saturated rings. The summed E-state index contributed by atoms with van der Waals surface area (Å²) in [4.78, 5) is 38.7. The normalized spacial score (nSPS) is 15.8. The molecule has 0 radical (unpaired) electrons. The predicted octanol–water partition coefficient (Wildman–Crippen LogP) is 4.59. The molecule has 0 spiro atoms. The molecule has 1 N–H and O–H groups in total. The van der Waals surface area contributed by atoms with Crippen molar-refractivity contribution >= 4 is 61.5 Å². The second-order valence-corrected chi connectivity index (χ2v) is 7.78. The number of halogens is 2. The molecule has 28 heavy (non-hydrogen) atoms. The molecule has 2 aromatic rings. The highest BCUT2D eigenvalue weighted by Gasteiger charge is 2.37. The summed E-state index contributed by atoms with van der Waals surface area (Å²) < 4.78 is 7.19. The first-order valence-electron chi connectivity index (χ1n) is 8.41. The third kappa shape index (κ3) is 4.02. The Morgan fingerprint density at radius 2 is 1.86 bits per heavy atom. The van der Waals surface area contributed by atoms with Crippen LogP contribution in [0.15, 0.2) is 50.9 Å². The zero-order valence-electron chi connectivity index (χ0n) is 15.1. The van der Waals surface area contributed by atoms with Crippen molar-refractivity contribution in [2.75, 3.05) is 11.5 Å². The summed E-state index contributed by atoms with van der Waals surface area (Å²) in [7, 11) is 0. The fourth-order valence-electron chi connectivity index (χ4n) is 2.73. The van der Waals surface area contributed by atoms with E-state index in [0.717, 1.165) is 19.4 Å². The lowest BCUT2D eigenvalue weighted by Gasteiger charge is -2.26. The highest BCUT2D eigenvalue weighted by atomic mass is 79.9. The van der Waals surface area contributed by atoms with Gasteiger partial charge in [0, 0.05) is 14.5 Å². The van der Waals surface area contributed by atoms with Crippen molar-refractivity contribution in [2.24, 2.45) is 0 Å². The Morgan fingerprint density at radius 3 is 2.54 bits per heavy atom. The lowest BCUT2D eigenvalue weighted by atomic mass is 10.1. The van der Waals surface area contributed by atoms with E-state index in [1.165, 1.54) is 6.08 Å². The molecule has 0 aliphatic carbocycles. The topological polar surface area (TPSA) is 75.7 Å². The number of rotatable bonds is 4. The number of anilines is 1. The summed E-state index contributed by atoms with van der Waals surface area (Å²) in [6.45, 7) is 4.12. The van der Waals surface area contributed by atoms with E-state index < -0.39 is 17.8 Å². The molecule has 1 aliphatic heterocycles. The number of barbiturate groups is 1. The van der Waals surface area contributed by atoms with Gasteiger partial charge in [0.15, 0.2) is 0 Å². The van der Waals surface area contributed by atoms with E-state index in [1.54, 1.807) is 36.4 Å². The van der Waals surface area contributed by atoms with Gasteiger partial charge in [-0.05, 0) is 61.9 Å². The molecule has 8 heteroatoms. The lowest BCUT2D eigenvalue weighted by molar-refractivity contribution is -0.122. The maximum absolute atomic E-state index is 13.0. The molecule has 4 amide bonds. The summed E-state index contributed by atoms with van der Waals surface area (Å²) in [5.41, 5.74) is 1.63. The first-order chi connectivity index (χ1) is 13.3. The van der Waals surface area contributed by atoms with Crippen molar-refractivity contribution in [2.45, 2.75) is 13.8 Å². The summed E-state index contributed by atoms with van der Waals surface area (Å²) in [6.07, 6.45) is 1.43. The monoisotopic (exact) mass is 506 g/mol. The van der Waals surface area contributed by atoms with Gasteiger partial charge in [-0.15, -0.1) is 0 Å². The minimum absolute atomic E-state index is 0.153. The Kier molecular flexibility index (Phi) is 6.00. The summed E-state index contributed by atoms with van der Waals surface area (Å²) in [6, 6.07) is 9.57. The van der Waals surface area contributed by atoms with E-state index in [2.05, 4.69) is 37.2 Å². The molecule has 0 saturated carbocycles. The number of ether oxygens (including phenoxy) is 1. The highest BCUT2D eigenvalue weighted by Crippen LogP contribution is 2.29. The number of aryl methyl sites for hydroxylation is 1. The Balaban J connectivity index is 2.06. The van der Waals surface area contributed by atoms with Crippen molar-refractivity contribution in [3.63, 3.8) is 0 Å². The zero-order valence-corrected chi connectivity index (χ0v) is 18.3. The molecular formula is C20H16Br2N2O4. The van der Waals surface area contributed by atoms with Gasteiger partial charge in [0.2, 0.25) is 0 Å². The first-order valence-corrected chi connectivity index (χ1v) is 10.0. The van der Waals surface area contributed by atoms with Crippen LogP contribution in [0.25, 0.3) is 6.08 Å². The second kappa shape index (κ2) is 8.28. The number of hydrogen-bond acceptors (Lipinski definition) is 4. The number of nitrogens with zero attached hydrogens (tertiary/aromatic N) is 1. The third-order valence-electron chi connectivity index (χ3n) is 4.07. The summed E-state index contributed by atoms with van der Waals surface area (Å²) in [5, 5.41) is 2.22. The van der Waals surface area contributed by atoms with Crippen molar-refractivity contribution in [3.05, 3.63) is 62.0 Å². The van der Waals surface area contributed by atoms with Crippen LogP contribution in [-0.4, -0.2) is 24.5 Å². The largest absolute Gasteiger partial charge is 0.493 e. The van der Waals surface area contributed by atoms with Gasteiger partial charge in [-0.25, -0.2) is 9.69 Å². The standard InChI is InChI=1S/C20H16Br2N2O4/c1-3-28-17-7-4-13(21)9-12(17)10-15-18(25)23-20(27)24(19(15)26)14-5-6-16(22)11(2)8-14/h4-10H,3H2,1-2H3,(H,23,25,27)/b15-10+. The maximum atomic E-state index is 13.0. The van der Waals surface area contributed by atoms with Gasteiger partial charge in [-0.1, -0.05) is 31.9 Å². The number of benzene rings is 2. The average Bonchev–Trinajstić information content (AvgIpc) is 2.63. The Hall–Kier alpha value is -2.45. The summed E-state index contributed by atoms with van der Waals surface area (Å²) in [5.74, 6) is -0.915. The summed E-state index contributed by atoms with van der Waals surface area (Å²) >= 11 is 6.77. The molecule has 0 atom stereocenters. The molecule has 1 saturated heterocycles. The fourth-order valence-corrected chi connectivity index (χ4v) is 3.36. The van der Waals surface area contributed by atoms with Crippen molar-refractivity contribution in [3.8, 4) is 5.75 Å². The van der Waals surface area contributed by atoms with Gasteiger partial charge in [-0.3, -0.25) is 14.9 Å². The Labute approximate surface area is 178 Å². The van der Waals surface area contributed by atoms with Crippen molar-refractivity contribution in [1.82, 2.24) is 5.32 Å². The number of hydrogen-bond donors (Lipinski definition) is 1. The fraction of sp³-hybridized carbons (Fsp3) is 0.150. The van der Waals surface area contributed by atoms with Crippen molar-refractivity contribution < 1.29 is 19.1 Å². The van der Waals surface area contributed by atoms with Crippen LogP contribution in [0.5, 0.6) is 5.75 Å². The molecule has 0 aromatic heterocycles. The minimum atomic E-state index is -0.784. The van der Waals surface area contributed by atoms with Gasteiger partial charge < -0.3 is 4.74 Å². The number of nitrogens with one attached hydrogen (secondary N) is 1. The van der Waals surface area contributed by atoms with Crippen molar-refractivity contribution in [1.29, 1.82) is 0 Å². The molecule has 2 aromatic carbocycles. The van der Waals surface area contributed by atoms with Gasteiger partial charge in [0.1, 0.15) is 11.3 Å². The average molecular weight is 508 g/mol. The van der Waals surface area contributed by atoms with E-state index in [-0.39, 0.29) is 5.57 Å². The number of urea groups is 1. The quantitative estimate of drug-likeness (QED) is 0.485. The Bertz CT molecular complexity index is 1020. The first kappa shape index (κ1) is 20.3. The number of carbonyl (C=O) groups is 3. The second-order valence-electron chi connectivity index (χ2n) is 6.01. The molecule has 0 unspecified atom stereocenters. The molecule has 0 bridgehead atoms. The predicted molar refractivity (Wildman–Crippen MR) is 113 cm³/mol. The van der Waals surface area contributed by atoms with E-state index in [1.807, 2.05) is 13.8 Å². The van der Waals surface area contributed by atoms with Crippen LogP contribution < -0.4 is 15.0 Å². The van der Waals surface area contributed by atoms with Gasteiger partial charge >= 0.3 is 6.03 Å². The van der Waals surface area contributed by atoms with Crippen LogP contribution in [0.4, 0.5) is 10.5 Å². The van der Waals surface area contributed by atoms with Gasteiger partial charge in [0.25, 0.3) is 11.8 Å². The number of carbonyl (C=O) groups excluding carboxylic acids is 3. The van der Waals surface area contributed by atoms with E-state index in [4.69, 9.17) is 4.74 Å². The van der Waals surface area contributed by atoms with Gasteiger partial charge in [-0.2, -0.15) is 0 Å². The third-order valence-corrected chi connectivity index (χ3v) is 5.46. The number of amides is 4. The van der Waals surface area contributed by atoms with E-state index in [9.17, 15) is 14.4 Å². The van der Waals surface area contributed by atoms with Crippen LogP contribution in [-0.2, 0) is 9.59 Å². The van der Waals surface area contributed by atoms with Crippen LogP contribution >= 0.6 is 31.9 Å². The van der Waals surface area contributed by atoms with E-state index in [0.29, 0.717) is 23.6 Å². The lowest BCUT2D eigenvalue weighted by Crippen LogP contribution is -2.54. The molecule has 6 nitrogen and oxygen atoms in total. The maximum Gasteiger partial charge on any atom is 0.335 e. The van der Waals surface area contributed by atoms with Crippen LogP contribution in [0, 0.1) is 6.92 Å². The molecule has 1 aliphatic rings. The van der Waals surface area contributed by atoms with Crippen LogP contribution in [0.1, 0.15) is 18.1 Å². The smallest absolute Gasteiger partial charge is 0.335 e. The molecule has 144 valence electrons. The SMILES string of the molecule is CCOc1ccc(Br)cc1/C=C1\C(=O)NC(=O)N(c2ccc(Br)c(C)c2)C1=O. The van der Waals surface area contributed by atoms with Gasteiger partial charge in [0.05, 0.1) is 12.3 Å². The molecule has 3 rings (SSSR count). The Morgan fingerprint density at radius 1 is 1.11 bits per heavy atom. The molecule has 1 heterocycles.